The highest BCUT2D eigenvalue weighted by Gasteiger charge is 2.22. The molecule has 0 aliphatic heterocycles. The predicted molar refractivity (Wildman–Crippen MR) is 79.0 cm³/mol. The fourth-order valence-corrected chi connectivity index (χ4v) is 2.13. The summed E-state index contributed by atoms with van der Waals surface area (Å²) >= 11 is 0. The fraction of sp³-hybridized carbons (Fsp3) is 0.357. The average Bonchev–Trinajstić information content (AvgIpc) is 2.50. The monoisotopic (exact) mass is 346 g/mol. The topological polar surface area (TPSA) is 119 Å². The molecule has 0 bridgehead atoms. The van der Waals surface area contributed by atoms with Crippen molar-refractivity contribution >= 4 is 16.1 Å². The summed E-state index contributed by atoms with van der Waals surface area (Å²) in [6, 6.07) is 4.94. The molecule has 1 unspecified atom stereocenters. The quantitative estimate of drug-likeness (QED) is 0.297. The van der Waals surface area contributed by atoms with Crippen molar-refractivity contribution in [1.82, 2.24) is 0 Å². The lowest BCUT2D eigenvalue weighted by Gasteiger charge is -2.10. The van der Waals surface area contributed by atoms with Gasteiger partial charge in [0.2, 0.25) is 0 Å². The molecule has 0 aliphatic rings. The summed E-state index contributed by atoms with van der Waals surface area (Å²) in [7, 11) is -4.57. The van der Waals surface area contributed by atoms with Crippen LogP contribution in [0.5, 0.6) is 0 Å². The van der Waals surface area contributed by atoms with Gasteiger partial charge in [-0.3, -0.25) is 9.44 Å². The molecule has 23 heavy (non-hydrogen) atoms. The second-order valence-corrected chi connectivity index (χ2v) is 5.78. The van der Waals surface area contributed by atoms with Crippen LogP contribution in [-0.4, -0.2) is 43.4 Å². The van der Waals surface area contributed by atoms with E-state index in [9.17, 15) is 18.3 Å². The van der Waals surface area contributed by atoms with Crippen LogP contribution in [0.15, 0.2) is 41.5 Å². The van der Waals surface area contributed by atoms with Crippen LogP contribution >= 0.6 is 0 Å². The molecule has 0 radical (unpaired) electrons. The van der Waals surface area contributed by atoms with E-state index in [-0.39, 0.29) is 18.8 Å². The molecule has 0 saturated carbocycles. The number of allylic oxidation sites excluding steroid dienone is 1. The van der Waals surface area contributed by atoms with E-state index in [1.807, 2.05) is 6.92 Å². The van der Waals surface area contributed by atoms with Crippen molar-refractivity contribution in [2.24, 2.45) is 0 Å². The van der Waals surface area contributed by atoms with E-state index in [1.54, 1.807) is 6.08 Å². The highest BCUT2D eigenvalue weighted by Crippen LogP contribution is 2.16. The molecule has 0 aliphatic carbocycles. The lowest BCUT2D eigenvalue weighted by atomic mass is 10.2. The molecular formula is C14H18O8S. The lowest BCUT2D eigenvalue weighted by Crippen LogP contribution is -2.22. The van der Waals surface area contributed by atoms with E-state index >= 15 is 0 Å². The van der Waals surface area contributed by atoms with Gasteiger partial charge in [0, 0.05) is 0 Å². The number of hydrogen-bond acceptors (Lipinski definition) is 7. The smallest absolute Gasteiger partial charge is 0.374 e. The summed E-state index contributed by atoms with van der Waals surface area (Å²) in [6.07, 6.45) is 2.93. The molecule has 0 amide bonds. The van der Waals surface area contributed by atoms with Crippen LogP contribution < -0.4 is 0 Å². The summed E-state index contributed by atoms with van der Waals surface area (Å²) in [5.41, 5.74) is -0.383. The Morgan fingerprint density at radius 3 is 2.65 bits per heavy atom. The third kappa shape index (κ3) is 6.78. The Morgan fingerprint density at radius 1 is 1.30 bits per heavy atom. The Hall–Kier alpha value is -1.94. The minimum atomic E-state index is -4.57. The van der Waals surface area contributed by atoms with Gasteiger partial charge in [-0.25, -0.2) is 4.79 Å². The summed E-state index contributed by atoms with van der Waals surface area (Å²) in [4.78, 5) is 20.1. The third-order valence-electron chi connectivity index (χ3n) is 2.50. The van der Waals surface area contributed by atoms with Crippen LogP contribution in [0.2, 0.25) is 0 Å². The third-order valence-corrected chi connectivity index (χ3v) is 3.41. The number of hydrogen-bond donors (Lipinski definition) is 2. The van der Waals surface area contributed by atoms with Gasteiger partial charge in [0.05, 0.1) is 11.8 Å². The molecule has 0 spiro atoms. The number of aliphatic hydroxyl groups excluding tert-OH is 1. The number of aliphatic hydroxyl groups is 1. The van der Waals surface area contributed by atoms with E-state index in [4.69, 9.17) is 9.29 Å². The normalized spacial score (nSPS) is 13.0. The lowest BCUT2D eigenvalue weighted by molar-refractivity contribution is -0.256. The Kier molecular flexibility index (Phi) is 7.69. The van der Waals surface area contributed by atoms with Crippen LogP contribution in [0.25, 0.3) is 0 Å². The first-order valence-corrected chi connectivity index (χ1v) is 8.15. The largest absolute Gasteiger partial charge is 0.499 e. The van der Waals surface area contributed by atoms with Gasteiger partial charge in [-0.05, 0) is 18.6 Å². The zero-order valence-corrected chi connectivity index (χ0v) is 13.2. The van der Waals surface area contributed by atoms with Gasteiger partial charge in [-0.15, -0.1) is 0 Å². The summed E-state index contributed by atoms with van der Waals surface area (Å²) in [5, 5.41) is 9.50. The minimum Gasteiger partial charge on any atom is -0.499 e. The predicted octanol–water partition coefficient (Wildman–Crippen LogP) is 1.32. The van der Waals surface area contributed by atoms with E-state index in [2.05, 4.69) is 9.78 Å². The summed E-state index contributed by atoms with van der Waals surface area (Å²) in [5.74, 6) is -1.11. The van der Waals surface area contributed by atoms with Gasteiger partial charge in [0.15, 0.2) is 0 Å². The number of benzene rings is 1. The maximum absolute atomic E-state index is 11.7. The van der Waals surface area contributed by atoms with E-state index < -0.39 is 27.1 Å². The van der Waals surface area contributed by atoms with Crippen molar-refractivity contribution < 1.29 is 37.4 Å². The number of carbonyl (C=O) groups excluding carboxylic acids is 1. The second-order valence-electron chi connectivity index (χ2n) is 4.39. The van der Waals surface area contributed by atoms with Crippen molar-refractivity contribution in [3.05, 3.63) is 42.2 Å². The number of rotatable bonds is 9. The first-order valence-electron chi connectivity index (χ1n) is 6.71. The minimum absolute atomic E-state index is 0.0599. The molecule has 0 aromatic heterocycles. The maximum atomic E-state index is 11.7. The Bertz CT molecular complexity index is 638. The van der Waals surface area contributed by atoms with Crippen LogP contribution in [0, 0.1) is 0 Å². The fourth-order valence-electron chi connectivity index (χ4n) is 1.45. The van der Waals surface area contributed by atoms with E-state index in [0.29, 0.717) is 0 Å². The average molecular weight is 346 g/mol. The molecule has 0 heterocycles. The van der Waals surface area contributed by atoms with Crippen LogP contribution in [0.3, 0.4) is 0 Å². The van der Waals surface area contributed by atoms with Crippen molar-refractivity contribution in [2.75, 3.05) is 13.2 Å². The first-order chi connectivity index (χ1) is 10.9. The summed E-state index contributed by atoms with van der Waals surface area (Å²) < 4.78 is 36.3. The molecule has 128 valence electrons. The zero-order valence-electron chi connectivity index (χ0n) is 12.4. The van der Waals surface area contributed by atoms with Crippen molar-refractivity contribution in [2.45, 2.75) is 24.3 Å². The molecule has 1 aromatic rings. The van der Waals surface area contributed by atoms with E-state index in [0.717, 1.165) is 18.6 Å². The molecule has 9 heteroatoms. The van der Waals surface area contributed by atoms with Gasteiger partial charge < -0.3 is 9.84 Å². The van der Waals surface area contributed by atoms with E-state index in [1.165, 1.54) is 18.4 Å². The molecule has 2 N–H and O–H groups in total. The molecular weight excluding hydrogens is 328 g/mol. The molecule has 0 saturated heterocycles. The second kappa shape index (κ2) is 9.26. The number of carbonyl (C=O) groups is 1. The number of ether oxygens (including phenoxy) is 1. The van der Waals surface area contributed by atoms with Gasteiger partial charge in [0.1, 0.15) is 24.2 Å². The van der Waals surface area contributed by atoms with Crippen LogP contribution in [0.4, 0.5) is 0 Å². The summed E-state index contributed by atoms with van der Waals surface area (Å²) in [6.45, 7) is 1.50. The standard InChI is InChI=1S/C14H18O8S/c1-2-3-8-20-9-11(15)10-21-22-14(16)12-6-4-5-7-13(12)23(17,18)19/h3-8,11,15H,2,9-10H2,1H3,(H,17,18,19). The maximum Gasteiger partial charge on any atom is 0.374 e. The molecule has 0 fully saturated rings. The van der Waals surface area contributed by atoms with Gasteiger partial charge in [0.25, 0.3) is 10.1 Å². The molecule has 1 rings (SSSR count). The van der Waals surface area contributed by atoms with Crippen LogP contribution in [-0.2, 0) is 24.6 Å². The van der Waals surface area contributed by atoms with Crippen molar-refractivity contribution in [1.29, 1.82) is 0 Å². The van der Waals surface area contributed by atoms with Crippen molar-refractivity contribution in [3.8, 4) is 0 Å². The molecule has 1 aromatic carbocycles. The molecule has 8 nitrogen and oxygen atoms in total. The van der Waals surface area contributed by atoms with Crippen LogP contribution in [0.1, 0.15) is 23.7 Å². The Balaban J connectivity index is 2.51. The van der Waals surface area contributed by atoms with Gasteiger partial charge in [-0.2, -0.15) is 13.3 Å². The molecule has 1 atom stereocenters. The SMILES string of the molecule is CCC=COCC(O)COOC(=O)c1ccccc1S(=O)(=O)O. The first kappa shape index (κ1) is 19.1. The van der Waals surface area contributed by atoms with Crippen molar-refractivity contribution in [3.63, 3.8) is 0 Å². The Morgan fingerprint density at radius 2 is 2.00 bits per heavy atom. The van der Waals surface area contributed by atoms with Gasteiger partial charge in [-0.1, -0.05) is 25.1 Å². The highest BCUT2D eigenvalue weighted by atomic mass is 32.2. The zero-order chi connectivity index (χ0) is 17.3. The van der Waals surface area contributed by atoms with Gasteiger partial charge >= 0.3 is 5.97 Å². The highest BCUT2D eigenvalue weighted by molar-refractivity contribution is 7.86. The Labute approximate surface area is 134 Å².